The molecule has 3 aliphatic rings. The Bertz CT molecular complexity index is 971. The largest absolute Gasteiger partial charge is 0.353 e. The van der Waals surface area contributed by atoms with E-state index in [1.165, 1.54) is 17.8 Å². The first-order valence-corrected chi connectivity index (χ1v) is 11.3. The van der Waals surface area contributed by atoms with Crippen molar-refractivity contribution in [3.05, 3.63) is 45.9 Å². The van der Waals surface area contributed by atoms with Gasteiger partial charge in [-0.25, -0.2) is 4.98 Å². The lowest BCUT2D eigenvalue weighted by Gasteiger charge is -2.35. The van der Waals surface area contributed by atoms with Gasteiger partial charge in [-0.2, -0.15) is 8.42 Å². The lowest BCUT2D eigenvalue weighted by atomic mass is 10.1. The molecule has 1 aliphatic carbocycles. The summed E-state index contributed by atoms with van der Waals surface area (Å²) in [5.74, 6) is 1.32. The number of sulfonamides is 1. The number of aromatic nitrogens is 1. The predicted octanol–water partition coefficient (Wildman–Crippen LogP) is 2.29. The van der Waals surface area contributed by atoms with Crippen LogP contribution in [-0.2, 0) is 16.6 Å². The second kappa shape index (κ2) is 6.14. The molecule has 3 heterocycles. The van der Waals surface area contributed by atoms with Gasteiger partial charge in [-0.15, -0.1) is 15.7 Å². The summed E-state index contributed by atoms with van der Waals surface area (Å²) in [4.78, 5) is 9.58. The highest BCUT2D eigenvalue weighted by molar-refractivity contribution is 7.90. The first-order valence-electron chi connectivity index (χ1n) is 8.96. The Labute approximate surface area is 157 Å². The summed E-state index contributed by atoms with van der Waals surface area (Å²) >= 11 is 1.79. The van der Waals surface area contributed by atoms with Gasteiger partial charge in [-0.1, -0.05) is 12.1 Å². The molecule has 1 aromatic carbocycles. The number of thiazole rings is 1. The molecule has 0 N–H and O–H groups in total. The minimum absolute atomic E-state index is 0.326. The van der Waals surface area contributed by atoms with Crippen molar-refractivity contribution in [3.8, 4) is 0 Å². The predicted molar refractivity (Wildman–Crippen MR) is 101 cm³/mol. The van der Waals surface area contributed by atoms with E-state index in [1.807, 2.05) is 12.1 Å². The Balaban J connectivity index is 1.26. The maximum Gasteiger partial charge on any atom is 0.285 e. The van der Waals surface area contributed by atoms with Crippen LogP contribution < -0.4 is 0 Å². The van der Waals surface area contributed by atoms with Crippen molar-refractivity contribution in [2.75, 3.05) is 26.2 Å². The Hall–Kier alpha value is -1.77. The van der Waals surface area contributed by atoms with E-state index in [0.717, 1.165) is 44.0 Å². The third-order valence-corrected chi connectivity index (χ3v) is 7.55. The highest BCUT2D eigenvalue weighted by Crippen LogP contribution is 2.41. The third kappa shape index (κ3) is 2.95. The van der Waals surface area contributed by atoms with Gasteiger partial charge in [0.1, 0.15) is 4.90 Å². The average molecular weight is 389 g/mol. The minimum atomic E-state index is -3.54. The van der Waals surface area contributed by atoms with Crippen LogP contribution in [0.25, 0.3) is 0 Å². The van der Waals surface area contributed by atoms with Gasteiger partial charge in [-0.3, -0.25) is 4.90 Å². The number of benzene rings is 1. The number of piperazine rings is 1. The molecule has 6 nitrogen and oxygen atoms in total. The second-order valence-corrected chi connectivity index (χ2v) is 9.56. The van der Waals surface area contributed by atoms with Gasteiger partial charge < -0.3 is 4.90 Å². The summed E-state index contributed by atoms with van der Waals surface area (Å²) in [7, 11) is -3.54. The van der Waals surface area contributed by atoms with Crippen molar-refractivity contribution >= 4 is 27.2 Å². The molecule has 2 aromatic rings. The summed E-state index contributed by atoms with van der Waals surface area (Å²) < 4.78 is 28.5. The fourth-order valence-corrected chi connectivity index (χ4v) is 5.79. The van der Waals surface area contributed by atoms with Crippen LogP contribution in [0.15, 0.2) is 38.9 Å². The SMILES string of the molecule is O=S1(=O)N=C(N2CCN(Cc3csc(C4CC4)n3)CC2)c2ccccc21. The number of hydrogen-bond donors (Lipinski definition) is 0. The fourth-order valence-electron chi connectivity index (χ4n) is 3.58. The Kier molecular flexibility index (Phi) is 3.88. The van der Waals surface area contributed by atoms with Crippen molar-refractivity contribution in [3.63, 3.8) is 0 Å². The first kappa shape index (κ1) is 16.4. The molecule has 1 saturated heterocycles. The van der Waals surface area contributed by atoms with Gasteiger partial charge in [0.25, 0.3) is 10.0 Å². The standard InChI is InChI=1S/C18H20N4O2S2/c23-26(24)16-4-2-1-3-15(16)17(20-26)22-9-7-21(8-10-22)11-14-12-25-18(19-14)13-5-6-13/h1-4,12-13H,5-11H2. The van der Waals surface area contributed by atoms with Crippen molar-refractivity contribution in [1.29, 1.82) is 0 Å². The molecule has 0 unspecified atom stereocenters. The quantitative estimate of drug-likeness (QED) is 0.807. The monoisotopic (exact) mass is 388 g/mol. The fraction of sp³-hybridized carbons (Fsp3) is 0.444. The van der Waals surface area contributed by atoms with Crippen LogP contribution in [0.2, 0.25) is 0 Å². The average Bonchev–Trinajstić information content (AvgIpc) is 3.33. The van der Waals surface area contributed by atoms with E-state index in [-0.39, 0.29) is 0 Å². The van der Waals surface area contributed by atoms with Gasteiger partial charge in [0.15, 0.2) is 5.84 Å². The van der Waals surface area contributed by atoms with Crippen LogP contribution in [0, 0.1) is 0 Å². The zero-order chi connectivity index (χ0) is 17.7. The molecule has 0 spiro atoms. The highest BCUT2D eigenvalue weighted by Gasteiger charge is 2.33. The van der Waals surface area contributed by atoms with Crippen LogP contribution in [0.3, 0.4) is 0 Å². The van der Waals surface area contributed by atoms with Gasteiger partial charge in [0.05, 0.1) is 10.7 Å². The maximum absolute atomic E-state index is 12.2. The number of hydrogen-bond acceptors (Lipinski definition) is 6. The van der Waals surface area contributed by atoms with E-state index in [0.29, 0.717) is 16.6 Å². The number of nitrogens with zero attached hydrogens (tertiary/aromatic N) is 4. The summed E-state index contributed by atoms with van der Waals surface area (Å²) in [5, 5.41) is 3.48. The van der Waals surface area contributed by atoms with Gasteiger partial charge >= 0.3 is 0 Å². The summed E-state index contributed by atoms with van der Waals surface area (Å²) in [6.45, 7) is 4.21. The topological polar surface area (TPSA) is 65.9 Å². The number of rotatable bonds is 3. The molecule has 26 heavy (non-hydrogen) atoms. The smallest absolute Gasteiger partial charge is 0.285 e. The molecule has 0 atom stereocenters. The molecule has 0 radical (unpaired) electrons. The van der Waals surface area contributed by atoms with Crippen LogP contribution >= 0.6 is 11.3 Å². The van der Waals surface area contributed by atoms with Crippen LogP contribution in [-0.4, -0.2) is 55.2 Å². The van der Waals surface area contributed by atoms with Gasteiger partial charge in [0, 0.05) is 49.6 Å². The summed E-state index contributed by atoms with van der Waals surface area (Å²) in [6.07, 6.45) is 2.58. The summed E-state index contributed by atoms with van der Waals surface area (Å²) in [5.41, 5.74) is 1.89. The molecule has 2 aliphatic heterocycles. The number of fused-ring (bicyclic) bond motifs is 1. The summed E-state index contributed by atoms with van der Waals surface area (Å²) in [6, 6.07) is 7.10. The maximum atomic E-state index is 12.2. The number of amidine groups is 1. The molecular weight excluding hydrogens is 368 g/mol. The zero-order valence-corrected chi connectivity index (χ0v) is 16.0. The lowest BCUT2D eigenvalue weighted by Crippen LogP contribution is -2.48. The first-order chi connectivity index (χ1) is 12.6. The van der Waals surface area contributed by atoms with Crippen molar-refractivity contribution in [2.45, 2.75) is 30.2 Å². The van der Waals surface area contributed by atoms with Crippen molar-refractivity contribution in [2.24, 2.45) is 4.40 Å². The molecule has 5 rings (SSSR count). The Morgan fingerprint density at radius 3 is 2.65 bits per heavy atom. The van der Waals surface area contributed by atoms with Crippen molar-refractivity contribution in [1.82, 2.24) is 14.8 Å². The second-order valence-electron chi connectivity index (χ2n) is 7.10. The normalized spacial score (nSPS) is 22.3. The van der Waals surface area contributed by atoms with E-state index in [2.05, 4.69) is 19.6 Å². The molecular formula is C18H20N4O2S2. The molecule has 2 fully saturated rings. The Morgan fingerprint density at radius 1 is 1.12 bits per heavy atom. The molecule has 1 saturated carbocycles. The molecule has 0 amide bonds. The zero-order valence-electron chi connectivity index (χ0n) is 14.3. The van der Waals surface area contributed by atoms with Crippen LogP contribution in [0.1, 0.15) is 35.0 Å². The molecule has 136 valence electrons. The van der Waals surface area contributed by atoms with E-state index in [1.54, 1.807) is 23.5 Å². The molecule has 1 aromatic heterocycles. The molecule has 8 heteroatoms. The third-order valence-electron chi connectivity index (χ3n) is 5.17. The van der Waals surface area contributed by atoms with E-state index in [4.69, 9.17) is 4.98 Å². The van der Waals surface area contributed by atoms with E-state index in [9.17, 15) is 8.42 Å². The van der Waals surface area contributed by atoms with Crippen molar-refractivity contribution < 1.29 is 8.42 Å². The van der Waals surface area contributed by atoms with Crippen LogP contribution in [0.4, 0.5) is 0 Å². The molecule has 0 bridgehead atoms. The van der Waals surface area contributed by atoms with Gasteiger partial charge in [-0.05, 0) is 25.0 Å². The van der Waals surface area contributed by atoms with E-state index < -0.39 is 10.0 Å². The van der Waals surface area contributed by atoms with E-state index >= 15 is 0 Å². The highest BCUT2D eigenvalue weighted by atomic mass is 32.2. The van der Waals surface area contributed by atoms with Gasteiger partial charge in [0.2, 0.25) is 0 Å². The van der Waals surface area contributed by atoms with Crippen LogP contribution in [0.5, 0.6) is 0 Å². The Morgan fingerprint density at radius 2 is 1.88 bits per heavy atom. The minimum Gasteiger partial charge on any atom is -0.353 e. The lowest BCUT2D eigenvalue weighted by molar-refractivity contribution is 0.174.